The van der Waals surface area contributed by atoms with Crippen molar-refractivity contribution in [1.82, 2.24) is 14.3 Å². The minimum atomic E-state index is -4.51. The van der Waals surface area contributed by atoms with Crippen molar-refractivity contribution in [2.24, 2.45) is 5.92 Å². The van der Waals surface area contributed by atoms with E-state index < -0.39 is 21.8 Å². The monoisotopic (exact) mass is 438 g/mol. The maximum Gasteiger partial charge on any atom is 0.416 e. The van der Waals surface area contributed by atoms with Gasteiger partial charge in [0.15, 0.2) is 0 Å². The summed E-state index contributed by atoms with van der Waals surface area (Å²) in [6, 6.07) is 7.23. The predicted octanol–water partition coefficient (Wildman–Crippen LogP) is 4.09. The molecule has 4 rings (SSSR count). The van der Waals surface area contributed by atoms with Crippen LogP contribution < -0.4 is 5.32 Å². The summed E-state index contributed by atoms with van der Waals surface area (Å²) in [6.07, 6.45) is -0.412. The Morgan fingerprint density at radius 1 is 1.17 bits per heavy atom. The van der Waals surface area contributed by atoms with Crippen LogP contribution in [0.4, 0.5) is 18.9 Å². The maximum atomic E-state index is 13.0. The summed E-state index contributed by atoms with van der Waals surface area (Å²) in [4.78, 5) is 7.15. The second-order valence-corrected chi connectivity index (χ2v) is 9.44. The van der Waals surface area contributed by atoms with Crippen LogP contribution >= 0.6 is 0 Å². The molecule has 0 aliphatic carbocycles. The van der Waals surface area contributed by atoms with Gasteiger partial charge in [-0.1, -0.05) is 6.92 Å². The molecule has 0 amide bonds. The molecule has 2 aromatic heterocycles. The number of sulfonamides is 1. The summed E-state index contributed by atoms with van der Waals surface area (Å²) in [6.45, 7) is 2.59. The Balaban J connectivity index is 1.55. The Kier molecular flexibility index (Phi) is 5.23. The van der Waals surface area contributed by atoms with Gasteiger partial charge in [0.25, 0.3) is 0 Å². The van der Waals surface area contributed by atoms with Crippen LogP contribution in [-0.2, 0) is 16.2 Å². The molecule has 0 bridgehead atoms. The molecule has 2 N–H and O–H groups in total. The van der Waals surface area contributed by atoms with Gasteiger partial charge in [0.2, 0.25) is 10.0 Å². The van der Waals surface area contributed by atoms with E-state index in [4.69, 9.17) is 0 Å². The number of rotatable bonds is 4. The third kappa shape index (κ3) is 3.89. The molecule has 160 valence electrons. The van der Waals surface area contributed by atoms with Gasteiger partial charge in [0.1, 0.15) is 5.65 Å². The van der Waals surface area contributed by atoms with Gasteiger partial charge in [-0.25, -0.2) is 13.4 Å². The number of alkyl halides is 3. The van der Waals surface area contributed by atoms with Crippen molar-refractivity contribution in [3.8, 4) is 0 Å². The van der Waals surface area contributed by atoms with Gasteiger partial charge in [-0.3, -0.25) is 0 Å². The van der Waals surface area contributed by atoms with Crippen molar-refractivity contribution in [3.05, 3.63) is 54.4 Å². The molecule has 3 heterocycles. The molecule has 1 fully saturated rings. The quantitative estimate of drug-likeness (QED) is 0.643. The molecular formula is C20H21F3N4O2S. The van der Waals surface area contributed by atoms with Gasteiger partial charge in [-0.2, -0.15) is 17.5 Å². The minimum absolute atomic E-state index is 0.138. The molecule has 2 unspecified atom stereocenters. The number of piperidine rings is 1. The van der Waals surface area contributed by atoms with E-state index in [1.807, 2.05) is 12.1 Å². The lowest BCUT2D eigenvalue weighted by molar-refractivity contribution is -0.137. The fraction of sp³-hybridized carbons (Fsp3) is 0.350. The number of pyridine rings is 1. The van der Waals surface area contributed by atoms with E-state index in [1.165, 1.54) is 4.31 Å². The molecule has 1 aliphatic rings. The normalized spacial score (nSPS) is 21.1. The third-order valence-corrected chi connectivity index (χ3v) is 7.42. The molecule has 0 saturated carbocycles. The zero-order chi connectivity index (χ0) is 21.5. The zero-order valence-electron chi connectivity index (χ0n) is 16.1. The summed E-state index contributed by atoms with van der Waals surface area (Å²) >= 11 is 0. The number of aromatic amines is 1. The highest BCUT2D eigenvalue weighted by Crippen LogP contribution is 2.32. The van der Waals surface area contributed by atoms with Crippen molar-refractivity contribution >= 4 is 26.7 Å². The first-order chi connectivity index (χ1) is 14.2. The molecular weight excluding hydrogens is 417 g/mol. The highest BCUT2D eigenvalue weighted by Gasteiger charge is 2.35. The average Bonchev–Trinajstić information content (AvgIpc) is 3.19. The minimum Gasteiger partial charge on any atom is -0.380 e. The fourth-order valence-electron chi connectivity index (χ4n) is 3.70. The highest BCUT2D eigenvalue weighted by molar-refractivity contribution is 7.89. The second-order valence-electron chi connectivity index (χ2n) is 7.50. The summed E-state index contributed by atoms with van der Waals surface area (Å²) in [7, 11) is -3.90. The number of nitrogens with one attached hydrogen (secondary N) is 2. The van der Waals surface area contributed by atoms with Gasteiger partial charge in [0.05, 0.1) is 10.5 Å². The van der Waals surface area contributed by atoms with Crippen LogP contribution in [0.5, 0.6) is 0 Å². The van der Waals surface area contributed by atoms with Crippen molar-refractivity contribution in [2.45, 2.75) is 30.5 Å². The van der Waals surface area contributed by atoms with Gasteiger partial charge < -0.3 is 10.3 Å². The first-order valence-corrected chi connectivity index (χ1v) is 11.0. The Morgan fingerprint density at radius 3 is 2.60 bits per heavy atom. The van der Waals surface area contributed by atoms with Crippen LogP contribution in [0, 0.1) is 5.92 Å². The van der Waals surface area contributed by atoms with Crippen LogP contribution in [0.15, 0.2) is 53.7 Å². The number of aromatic nitrogens is 2. The smallest absolute Gasteiger partial charge is 0.380 e. The van der Waals surface area contributed by atoms with E-state index in [-0.39, 0.29) is 23.4 Å². The molecule has 1 aromatic carbocycles. The number of halogens is 3. The van der Waals surface area contributed by atoms with Crippen molar-refractivity contribution in [3.63, 3.8) is 0 Å². The molecule has 10 heteroatoms. The fourth-order valence-corrected chi connectivity index (χ4v) is 5.18. The Morgan fingerprint density at radius 2 is 1.90 bits per heavy atom. The molecule has 0 radical (unpaired) electrons. The first-order valence-electron chi connectivity index (χ1n) is 9.52. The second kappa shape index (κ2) is 7.59. The molecule has 30 heavy (non-hydrogen) atoms. The van der Waals surface area contributed by atoms with E-state index in [0.717, 1.165) is 41.0 Å². The Hall–Kier alpha value is -2.59. The Labute approximate surface area is 172 Å². The number of H-pyrrole nitrogens is 1. The summed E-state index contributed by atoms with van der Waals surface area (Å²) < 4.78 is 65.7. The zero-order valence-corrected chi connectivity index (χ0v) is 17.0. The van der Waals surface area contributed by atoms with Crippen molar-refractivity contribution in [1.29, 1.82) is 0 Å². The van der Waals surface area contributed by atoms with Crippen LogP contribution in [0.25, 0.3) is 11.0 Å². The SMILES string of the molecule is CC1CCN(S(=O)(=O)c2ccc(C(F)(F)F)cc2)CC1Nc1ccnc2[nH]ccc12. The van der Waals surface area contributed by atoms with Gasteiger partial charge in [-0.15, -0.1) is 0 Å². The largest absolute Gasteiger partial charge is 0.416 e. The molecule has 3 aromatic rings. The van der Waals surface area contributed by atoms with Crippen LogP contribution in [-0.4, -0.2) is 41.8 Å². The van der Waals surface area contributed by atoms with Gasteiger partial charge in [0, 0.05) is 42.6 Å². The number of fused-ring (bicyclic) bond motifs is 1. The maximum absolute atomic E-state index is 13.0. The van der Waals surface area contributed by atoms with Crippen LogP contribution in [0.3, 0.4) is 0 Å². The molecule has 0 spiro atoms. The number of anilines is 1. The van der Waals surface area contributed by atoms with E-state index in [1.54, 1.807) is 12.4 Å². The first kappa shape index (κ1) is 20.7. The average molecular weight is 438 g/mol. The van der Waals surface area contributed by atoms with Crippen LogP contribution in [0.1, 0.15) is 18.9 Å². The Bertz CT molecular complexity index is 1140. The van der Waals surface area contributed by atoms with Gasteiger partial charge >= 0.3 is 6.18 Å². The molecule has 6 nitrogen and oxygen atoms in total. The lowest BCUT2D eigenvalue weighted by Crippen LogP contribution is -2.48. The number of hydrogen-bond donors (Lipinski definition) is 2. The number of hydrogen-bond acceptors (Lipinski definition) is 4. The topological polar surface area (TPSA) is 78.1 Å². The number of benzene rings is 1. The van der Waals surface area contributed by atoms with E-state index in [0.29, 0.717) is 13.0 Å². The van der Waals surface area contributed by atoms with Crippen LogP contribution in [0.2, 0.25) is 0 Å². The number of nitrogens with zero attached hydrogens (tertiary/aromatic N) is 2. The molecule has 1 aliphatic heterocycles. The standard InChI is InChI=1S/C20H21F3N4O2S/c1-13-8-11-27(30(28,29)15-4-2-14(3-5-15)20(21,22)23)12-18(13)26-17-7-10-25-19-16(17)6-9-24-19/h2-7,9-10,13,18H,8,11-12H2,1H3,(H2,24,25,26). The summed E-state index contributed by atoms with van der Waals surface area (Å²) in [5, 5.41) is 4.34. The van der Waals surface area contributed by atoms with E-state index >= 15 is 0 Å². The van der Waals surface area contributed by atoms with E-state index in [9.17, 15) is 21.6 Å². The highest BCUT2D eigenvalue weighted by atomic mass is 32.2. The lowest BCUT2D eigenvalue weighted by Gasteiger charge is -2.37. The molecule has 1 saturated heterocycles. The van der Waals surface area contributed by atoms with E-state index in [2.05, 4.69) is 22.2 Å². The van der Waals surface area contributed by atoms with Crippen molar-refractivity contribution in [2.75, 3.05) is 18.4 Å². The molecule has 2 atom stereocenters. The predicted molar refractivity (Wildman–Crippen MR) is 107 cm³/mol. The van der Waals surface area contributed by atoms with Crippen molar-refractivity contribution < 1.29 is 21.6 Å². The summed E-state index contributed by atoms with van der Waals surface area (Å²) in [5.74, 6) is 0.214. The summed E-state index contributed by atoms with van der Waals surface area (Å²) in [5.41, 5.74) is 0.714. The van der Waals surface area contributed by atoms with Gasteiger partial charge in [-0.05, 0) is 48.7 Å². The lowest BCUT2D eigenvalue weighted by atomic mass is 9.94. The third-order valence-electron chi connectivity index (χ3n) is 5.54.